The van der Waals surface area contributed by atoms with E-state index in [-0.39, 0.29) is 0 Å². The summed E-state index contributed by atoms with van der Waals surface area (Å²) in [7, 11) is 3.07. The highest BCUT2D eigenvalue weighted by atomic mass is 79.9. The normalized spacial score (nSPS) is 10.8. The first-order valence-electron chi connectivity index (χ1n) is 5.69. The molecule has 1 aromatic carbocycles. The molecule has 0 fully saturated rings. The zero-order valence-electron chi connectivity index (χ0n) is 11.7. The molecular formula is C13H18BrNO4. The number of anilines is 1. The van der Waals surface area contributed by atoms with Crippen molar-refractivity contribution in [2.45, 2.75) is 26.4 Å². The zero-order valence-corrected chi connectivity index (χ0v) is 13.3. The van der Waals surface area contributed by atoms with Crippen molar-refractivity contribution in [3.63, 3.8) is 0 Å². The molecule has 0 aromatic heterocycles. The second-order valence-corrected chi connectivity index (χ2v) is 5.58. The number of rotatable bonds is 3. The molecule has 0 spiro atoms. The molecule has 0 heterocycles. The van der Waals surface area contributed by atoms with Crippen LogP contribution in [0.1, 0.15) is 20.8 Å². The molecule has 19 heavy (non-hydrogen) atoms. The molecule has 0 bridgehead atoms. The van der Waals surface area contributed by atoms with Crippen LogP contribution in [0.2, 0.25) is 0 Å². The molecule has 1 rings (SSSR count). The lowest BCUT2D eigenvalue weighted by molar-refractivity contribution is 0.0635. The molecule has 5 nitrogen and oxygen atoms in total. The van der Waals surface area contributed by atoms with Crippen LogP contribution in [0.25, 0.3) is 0 Å². The van der Waals surface area contributed by atoms with Crippen molar-refractivity contribution in [2.75, 3.05) is 19.5 Å². The Bertz CT molecular complexity index is 468. The summed E-state index contributed by atoms with van der Waals surface area (Å²) < 4.78 is 16.2. The summed E-state index contributed by atoms with van der Waals surface area (Å²) in [5, 5.41) is 2.64. The van der Waals surface area contributed by atoms with Crippen LogP contribution in [0.4, 0.5) is 10.5 Å². The Morgan fingerprint density at radius 2 is 1.84 bits per heavy atom. The predicted molar refractivity (Wildman–Crippen MR) is 77.1 cm³/mol. The average molecular weight is 332 g/mol. The number of amides is 1. The Morgan fingerprint density at radius 1 is 1.21 bits per heavy atom. The SMILES string of the molecule is COc1ccc(NC(=O)OC(C)(C)C)c(OC)c1Br. The molecule has 106 valence electrons. The van der Waals surface area contributed by atoms with Crippen molar-refractivity contribution in [1.82, 2.24) is 0 Å². The fourth-order valence-electron chi connectivity index (χ4n) is 1.41. The summed E-state index contributed by atoms with van der Waals surface area (Å²) in [6, 6.07) is 3.41. The number of nitrogens with one attached hydrogen (secondary N) is 1. The van der Waals surface area contributed by atoms with Gasteiger partial charge in [-0.25, -0.2) is 4.79 Å². The predicted octanol–water partition coefficient (Wildman–Crippen LogP) is 3.81. The van der Waals surface area contributed by atoms with Crippen molar-refractivity contribution in [3.8, 4) is 11.5 Å². The van der Waals surface area contributed by atoms with Gasteiger partial charge in [-0.05, 0) is 48.8 Å². The maximum absolute atomic E-state index is 11.7. The summed E-state index contributed by atoms with van der Waals surface area (Å²) in [5.74, 6) is 1.09. The third-order valence-corrected chi connectivity index (χ3v) is 2.87. The van der Waals surface area contributed by atoms with Gasteiger partial charge in [0.15, 0.2) is 5.75 Å². The maximum Gasteiger partial charge on any atom is 0.412 e. The fraction of sp³-hybridized carbons (Fsp3) is 0.462. The third kappa shape index (κ3) is 4.31. The van der Waals surface area contributed by atoms with E-state index in [1.165, 1.54) is 7.11 Å². The molecular weight excluding hydrogens is 314 g/mol. The molecule has 0 saturated heterocycles. The van der Waals surface area contributed by atoms with Gasteiger partial charge < -0.3 is 14.2 Å². The highest BCUT2D eigenvalue weighted by molar-refractivity contribution is 9.10. The monoisotopic (exact) mass is 331 g/mol. The zero-order chi connectivity index (χ0) is 14.6. The van der Waals surface area contributed by atoms with Gasteiger partial charge in [0.25, 0.3) is 0 Å². The van der Waals surface area contributed by atoms with E-state index in [1.807, 2.05) is 0 Å². The van der Waals surface area contributed by atoms with Crippen LogP contribution >= 0.6 is 15.9 Å². The van der Waals surface area contributed by atoms with E-state index in [0.29, 0.717) is 21.7 Å². The molecule has 0 aliphatic carbocycles. The second-order valence-electron chi connectivity index (χ2n) is 4.79. The van der Waals surface area contributed by atoms with Crippen molar-refractivity contribution >= 4 is 27.7 Å². The Kier molecular flexibility index (Phi) is 5.05. The first kappa shape index (κ1) is 15.6. The van der Waals surface area contributed by atoms with E-state index in [0.717, 1.165) is 0 Å². The van der Waals surface area contributed by atoms with Gasteiger partial charge in [0.1, 0.15) is 15.8 Å². The minimum Gasteiger partial charge on any atom is -0.495 e. The number of benzene rings is 1. The lowest BCUT2D eigenvalue weighted by Gasteiger charge is -2.20. The largest absolute Gasteiger partial charge is 0.495 e. The van der Waals surface area contributed by atoms with Crippen LogP contribution in [0, 0.1) is 0 Å². The first-order chi connectivity index (χ1) is 8.78. The lowest BCUT2D eigenvalue weighted by Crippen LogP contribution is -2.27. The van der Waals surface area contributed by atoms with Gasteiger partial charge in [0, 0.05) is 0 Å². The molecule has 0 aliphatic heterocycles. The number of halogens is 1. The number of hydrogen-bond donors (Lipinski definition) is 1. The van der Waals surface area contributed by atoms with E-state index >= 15 is 0 Å². The minimum absolute atomic E-state index is 0.477. The summed E-state index contributed by atoms with van der Waals surface area (Å²) in [4.78, 5) is 11.7. The topological polar surface area (TPSA) is 56.8 Å². The number of methoxy groups -OCH3 is 2. The molecule has 6 heteroatoms. The highest BCUT2D eigenvalue weighted by Crippen LogP contribution is 2.40. The van der Waals surface area contributed by atoms with Gasteiger partial charge in [-0.15, -0.1) is 0 Å². The number of carbonyl (C=O) groups is 1. The standard InChI is InChI=1S/C13H18BrNO4/c1-13(2,3)19-12(16)15-8-6-7-9(17-4)10(14)11(8)18-5/h6-7H,1-5H3,(H,15,16). The summed E-state index contributed by atoms with van der Waals surface area (Å²) in [6.07, 6.45) is -0.539. The quantitative estimate of drug-likeness (QED) is 0.914. The van der Waals surface area contributed by atoms with Gasteiger partial charge >= 0.3 is 6.09 Å². The van der Waals surface area contributed by atoms with Crippen LogP contribution in [0.5, 0.6) is 11.5 Å². The second kappa shape index (κ2) is 6.14. The van der Waals surface area contributed by atoms with Crippen LogP contribution in [0.3, 0.4) is 0 Å². The van der Waals surface area contributed by atoms with E-state index < -0.39 is 11.7 Å². The van der Waals surface area contributed by atoms with Gasteiger partial charge in [0.05, 0.1) is 19.9 Å². The van der Waals surface area contributed by atoms with Gasteiger partial charge in [-0.2, -0.15) is 0 Å². The van der Waals surface area contributed by atoms with E-state index in [2.05, 4.69) is 21.2 Å². The summed E-state index contributed by atoms with van der Waals surface area (Å²) >= 11 is 3.36. The lowest BCUT2D eigenvalue weighted by atomic mass is 10.2. The Morgan fingerprint density at radius 3 is 2.32 bits per heavy atom. The Balaban J connectivity index is 2.96. The van der Waals surface area contributed by atoms with Gasteiger partial charge in [0.2, 0.25) is 0 Å². The summed E-state index contributed by atoms with van der Waals surface area (Å²) in [6.45, 7) is 5.40. The molecule has 1 aromatic rings. The fourth-order valence-corrected chi connectivity index (χ4v) is 2.08. The van der Waals surface area contributed by atoms with E-state index in [1.54, 1.807) is 40.0 Å². The molecule has 0 unspecified atom stereocenters. The van der Waals surface area contributed by atoms with E-state index in [4.69, 9.17) is 14.2 Å². The van der Waals surface area contributed by atoms with Gasteiger partial charge in [-0.3, -0.25) is 5.32 Å². The summed E-state index contributed by atoms with van der Waals surface area (Å²) in [5.41, 5.74) is -0.0504. The molecule has 0 atom stereocenters. The first-order valence-corrected chi connectivity index (χ1v) is 6.48. The van der Waals surface area contributed by atoms with E-state index in [9.17, 15) is 4.79 Å². The Labute approximate surface area is 121 Å². The third-order valence-electron chi connectivity index (χ3n) is 2.12. The minimum atomic E-state index is -0.555. The van der Waals surface area contributed by atoms with Crippen LogP contribution in [-0.4, -0.2) is 25.9 Å². The molecule has 0 aliphatic rings. The van der Waals surface area contributed by atoms with Crippen LogP contribution < -0.4 is 14.8 Å². The average Bonchev–Trinajstić information content (AvgIpc) is 2.27. The molecule has 0 radical (unpaired) electrons. The molecule has 1 N–H and O–H groups in total. The smallest absolute Gasteiger partial charge is 0.412 e. The maximum atomic E-state index is 11.7. The number of carbonyl (C=O) groups excluding carboxylic acids is 1. The number of ether oxygens (including phenoxy) is 3. The van der Waals surface area contributed by atoms with Crippen molar-refractivity contribution < 1.29 is 19.0 Å². The molecule has 1 amide bonds. The molecule has 0 saturated carbocycles. The van der Waals surface area contributed by atoms with Crippen LogP contribution in [-0.2, 0) is 4.74 Å². The van der Waals surface area contributed by atoms with Crippen molar-refractivity contribution in [3.05, 3.63) is 16.6 Å². The van der Waals surface area contributed by atoms with Crippen molar-refractivity contribution in [1.29, 1.82) is 0 Å². The van der Waals surface area contributed by atoms with Gasteiger partial charge in [-0.1, -0.05) is 0 Å². The number of hydrogen-bond acceptors (Lipinski definition) is 4. The van der Waals surface area contributed by atoms with Crippen molar-refractivity contribution in [2.24, 2.45) is 0 Å². The highest BCUT2D eigenvalue weighted by Gasteiger charge is 2.19. The Hall–Kier alpha value is -1.43. The van der Waals surface area contributed by atoms with Crippen LogP contribution in [0.15, 0.2) is 16.6 Å².